The predicted molar refractivity (Wildman–Crippen MR) is 101 cm³/mol. The maximum atomic E-state index is 5.93. The van der Waals surface area contributed by atoms with Crippen LogP contribution in [0.25, 0.3) is 0 Å². The van der Waals surface area contributed by atoms with Gasteiger partial charge in [0.2, 0.25) is 0 Å². The molecule has 0 spiro atoms. The van der Waals surface area contributed by atoms with Crippen molar-refractivity contribution < 1.29 is 9.47 Å². The van der Waals surface area contributed by atoms with Crippen molar-refractivity contribution in [2.45, 2.75) is 19.3 Å². The van der Waals surface area contributed by atoms with Crippen molar-refractivity contribution in [1.29, 1.82) is 0 Å². The molecule has 26 heavy (non-hydrogen) atoms. The Morgan fingerprint density at radius 1 is 1.04 bits per heavy atom. The molecule has 3 heterocycles. The van der Waals surface area contributed by atoms with Crippen LogP contribution >= 0.6 is 0 Å². The summed E-state index contributed by atoms with van der Waals surface area (Å²) in [4.78, 5) is 15.1. The lowest BCUT2D eigenvalue weighted by molar-refractivity contribution is 0.254. The van der Waals surface area contributed by atoms with Crippen LogP contribution in [-0.2, 0) is 0 Å². The molecule has 8 heteroatoms. The molecule has 2 N–H and O–H groups in total. The van der Waals surface area contributed by atoms with Gasteiger partial charge in [0, 0.05) is 25.7 Å². The molecule has 0 saturated carbocycles. The summed E-state index contributed by atoms with van der Waals surface area (Å²) in [5.74, 6) is 3.32. The molecule has 140 valence electrons. The predicted octanol–water partition coefficient (Wildman–Crippen LogP) is 2.53. The van der Waals surface area contributed by atoms with E-state index in [-0.39, 0.29) is 0 Å². The third-order valence-corrected chi connectivity index (χ3v) is 4.31. The summed E-state index contributed by atoms with van der Waals surface area (Å²) < 4.78 is 11.3. The molecule has 0 atom stereocenters. The van der Waals surface area contributed by atoms with Gasteiger partial charge in [-0.15, -0.1) is 0 Å². The molecule has 1 fully saturated rings. The van der Waals surface area contributed by atoms with Crippen molar-refractivity contribution in [2.24, 2.45) is 0 Å². The maximum absolute atomic E-state index is 5.93. The molecule has 0 bridgehead atoms. The first-order valence-corrected chi connectivity index (χ1v) is 8.94. The minimum Gasteiger partial charge on any atom is -0.491 e. The average molecular weight is 358 g/mol. The molecule has 1 saturated heterocycles. The number of anilines is 3. The average Bonchev–Trinajstić information content (AvgIpc) is 3.19. The van der Waals surface area contributed by atoms with Gasteiger partial charge in [0.1, 0.15) is 23.8 Å². The standard InChI is InChI=1S/C18H26N6O2/c1-19-16-11-18(22-13-21-16)23-17-10-14(15(25-2)12-20-17)26-9-5-8-24-6-3-4-7-24/h10-13H,3-9H2,1-2H3,(H2,19,20,21,22,23). The van der Waals surface area contributed by atoms with E-state index in [1.807, 2.05) is 19.2 Å². The van der Waals surface area contributed by atoms with Gasteiger partial charge in [0.15, 0.2) is 11.5 Å². The molecule has 0 aliphatic carbocycles. The van der Waals surface area contributed by atoms with Gasteiger partial charge >= 0.3 is 0 Å². The lowest BCUT2D eigenvalue weighted by Gasteiger charge is -2.16. The van der Waals surface area contributed by atoms with Gasteiger partial charge in [0.25, 0.3) is 0 Å². The number of hydrogen-bond acceptors (Lipinski definition) is 8. The molecular formula is C18H26N6O2. The topological polar surface area (TPSA) is 84.4 Å². The first kappa shape index (κ1) is 18.2. The zero-order valence-electron chi connectivity index (χ0n) is 15.4. The van der Waals surface area contributed by atoms with Gasteiger partial charge in [-0.3, -0.25) is 0 Å². The van der Waals surface area contributed by atoms with Gasteiger partial charge < -0.3 is 25.0 Å². The SMILES string of the molecule is CNc1cc(Nc2cc(OCCCN3CCCC3)c(OC)cn2)ncn1. The fourth-order valence-electron chi connectivity index (χ4n) is 2.93. The first-order valence-electron chi connectivity index (χ1n) is 8.94. The highest BCUT2D eigenvalue weighted by Gasteiger charge is 2.12. The van der Waals surface area contributed by atoms with Crippen molar-refractivity contribution in [2.75, 3.05) is 51.0 Å². The molecule has 0 unspecified atom stereocenters. The van der Waals surface area contributed by atoms with Crippen molar-refractivity contribution in [1.82, 2.24) is 19.9 Å². The van der Waals surface area contributed by atoms with Crippen LogP contribution in [0.5, 0.6) is 11.5 Å². The monoisotopic (exact) mass is 358 g/mol. The molecule has 3 rings (SSSR count). The molecule has 0 amide bonds. The fraction of sp³-hybridized carbons (Fsp3) is 0.500. The number of nitrogens with zero attached hydrogens (tertiary/aromatic N) is 4. The normalized spacial score (nSPS) is 14.2. The highest BCUT2D eigenvalue weighted by atomic mass is 16.5. The van der Waals surface area contributed by atoms with Crippen LogP contribution in [-0.4, -0.2) is 60.3 Å². The van der Waals surface area contributed by atoms with Crippen LogP contribution in [0.2, 0.25) is 0 Å². The van der Waals surface area contributed by atoms with Crippen molar-refractivity contribution in [3.8, 4) is 11.5 Å². The smallest absolute Gasteiger partial charge is 0.179 e. The van der Waals surface area contributed by atoms with E-state index in [0.717, 1.165) is 18.8 Å². The minimum atomic E-state index is 0.621. The fourth-order valence-corrected chi connectivity index (χ4v) is 2.93. The number of nitrogens with one attached hydrogen (secondary N) is 2. The Kier molecular flexibility index (Phi) is 6.43. The summed E-state index contributed by atoms with van der Waals surface area (Å²) in [5, 5.41) is 6.14. The molecule has 2 aromatic heterocycles. The van der Waals surface area contributed by atoms with E-state index >= 15 is 0 Å². The Morgan fingerprint density at radius 2 is 1.81 bits per heavy atom. The van der Waals surface area contributed by atoms with Gasteiger partial charge in [-0.1, -0.05) is 0 Å². The third-order valence-electron chi connectivity index (χ3n) is 4.31. The zero-order chi connectivity index (χ0) is 18.2. The summed E-state index contributed by atoms with van der Waals surface area (Å²) in [6.45, 7) is 4.14. The Labute approximate surface area is 154 Å². The number of methoxy groups -OCH3 is 1. The maximum Gasteiger partial charge on any atom is 0.179 e. The lowest BCUT2D eigenvalue weighted by Crippen LogP contribution is -2.21. The molecule has 2 aromatic rings. The summed E-state index contributed by atoms with van der Waals surface area (Å²) >= 11 is 0. The van der Waals surface area contributed by atoms with Gasteiger partial charge in [-0.25, -0.2) is 15.0 Å². The second-order valence-corrected chi connectivity index (χ2v) is 6.13. The first-order chi connectivity index (χ1) is 12.8. The number of likely N-dealkylation sites (tertiary alicyclic amines) is 1. The van der Waals surface area contributed by atoms with Crippen LogP contribution in [0, 0.1) is 0 Å². The summed E-state index contributed by atoms with van der Waals surface area (Å²) in [5.41, 5.74) is 0. The van der Waals surface area contributed by atoms with Crippen molar-refractivity contribution in [3.05, 3.63) is 24.7 Å². The van der Waals surface area contributed by atoms with E-state index < -0.39 is 0 Å². The second kappa shape index (κ2) is 9.19. The highest BCUT2D eigenvalue weighted by Crippen LogP contribution is 2.29. The number of hydrogen-bond donors (Lipinski definition) is 2. The van der Waals surface area contributed by atoms with Crippen molar-refractivity contribution in [3.63, 3.8) is 0 Å². The Morgan fingerprint density at radius 3 is 2.58 bits per heavy atom. The minimum absolute atomic E-state index is 0.621. The third kappa shape index (κ3) is 4.95. The van der Waals surface area contributed by atoms with E-state index in [1.54, 1.807) is 13.3 Å². The molecular weight excluding hydrogens is 332 g/mol. The Hall–Kier alpha value is -2.61. The van der Waals surface area contributed by atoms with Crippen LogP contribution in [0.1, 0.15) is 19.3 Å². The van der Waals surface area contributed by atoms with E-state index in [1.165, 1.54) is 32.3 Å². The van der Waals surface area contributed by atoms with E-state index in [2.05, 4.69) is 30.5 Å². The molecule has 1 aliphatic rings. The van der Waals surface area contributed by atoms with Crippen LogP contribution in [0.15, 0.2) is 24.7 Å². The number of rotatable bonds is 9. The Bertz CT molecular complexity index is 706. The number of ether oxygens (including phenoxy) is 2. The quantitative estimate of drug-likeness (QED) is 0.662. The van der Waals surface area contributed by atoms with E-state index in [9.17, 15) is 0 Å². The summed E-state index contributed by atoms with van der Waals surface area (Å²) in [6, 6.07) is 3.64. The second-order valence-electron chi connectivity index (χ2n) is 6.13. The van der Waals surface area contributed by atoms with Crippen LogP contribution < -0.4 is 20.1 Å². The molecule has 0 radical (unpaired) electrons. The van der Waals surface area contributed by atoms with Crippen molar-refractivity contribution >= 4 is 17.5 Å². The molecule has 0 aromatic carbocycles. The Balaban J connectivity index is 1.59. The number of aromatic nitrogens is 3. The molecule has 1 aliphatic heterocycles. The van der Waals surface area contributed by atoms with Gasteiger partial charge in [-0.2, -0.15) is 0 Å². The largest absolute Gasteiger partial charge is 0.491 e. The van der Waals surface area contributed by atoms with Gasteiger partial charge in [0.05, 0.1) is 19.9 Å². The van der Waals surface area contributed by atoms with Gasteiger partial charge in [-0.05, 0) is 32.4 Å². The summed E-state index contributed by atoms with van der Waals surface area (Å²) in [7, 11) is 3.43. The van der Waals surface area contributed by atoms with Crippen LogP contribution in [0.4, 0.5) is 17.5 Å². The van der Waals surface area contributed by atoms with E-state index in [0.29, 0.717) is 29.7 Å². The summed E-state index contributed by atoms with van der Waals surface area (Å²) in [6.07, 6.45) is 6.76. The lowest BCUT2D eigenvalue weighted by atomic mass is 10.3. The van der Waals surface area contributed by atoms with Crippen LogP contribution in [0.3, 0.4) is 0 Å². The van der Waals surface area contributed by atoms with E-state index in [4.69, 9.17) is 9.47 Å². The zero-order valence-corrected chi connectivity index (χ0v) is 15.4. The number of pyridine rings is 1. The molecule has 8 nitrogen and oxygen atoms in total. The highest BCUT2D eigenvalue weighted by molar-refractivity contribution is 5.58.